The lowest BCUT2D eigenvalue weighted by Crippen LogP contribution is -2.20. The minimum Gasteiger partial charge on any atom is -0.341 e. The van der Waals surface area contributed by atoms with E-state index in [1.54, 1.807) is 19.1 Å². The SMILES string of the molecule is Cc1ccc(Cl)cc1S(=O)(=O)Nc1cnc(N2CCCC2)nc1. The molecule has 0 atom stereocenters. The predicted molar refractivity (Wildman–Crippen MR) is 90.5 cm³/mol. The maximum Gasteiger partial charge on any atom is 0.262 e. The Labute approximate surface area is 140 Å². The Hall–Kier alpha value is -1.86. The summed E-state index contributed by atoms with van der Waals surface area (Å²) in [5.74, 6) is 0.629. The zero-order chi connectivity index (χ0) is 16.4. The molecule has 3 rings (SSSR count). The van der Waals surface area contributed by atoms with Crippen molar-refractivity contribution in [2.24, 2.45) is 0 Å². The topological polar surface area (TPSA) is 75.2 Å². The molecule has 0 spiro atoms. The van der Waals surface area contributed by atoms with Crippen LogP contribution < -0.4 is 9.62 Å². The molecule has 122 valence electrons. The van der Waals surface area contributed by atoms with Gasteiger partial charge in [0.2, 0.25) is 5.95 Å². The number of sulfonamides is 1. The third kappa shape index (κ3) is 3.56. The number of aryl methyl sites for hydroxylation is 1. The first-order chi connectivity index (χ1) is 11.0. The summed E-state index contributed by atoms with van der Waals surface area (Å²) in [5.41, 5.74) is 0.948. The molecule has 8 heteroatoms. The summed E-state index contributed by atoms with van der Waals surface area (Å²) in [7, 11) is -3.73. The van der Waals surface area contributed by atoms with Crippen LogP contribution in [0.4, 0.5) is 11.6 Å². The lowest BCUT2D eigenvalue weighted by atomic mass is 10.2. The van der Waals surface area contributed by atoms with E-state index < -0.39 is 10.0 Å². The highest BCUT2D eigenvalue weighted by Crippen LogP contribution is 2.23. The fourth-order valence-corrected chi connectivity index (χ4v) is 4.06. The van der Waals surface area contributed by atoms with Crippen molar-refractivity contribution in [2.75, 3.05) is 22.7 Å². The first-order valence-electron chi connectivity index (χ1n) is 7.32. The number of anilines is 2. The largest absolute Gasteiger partial charge is 0.341 e. The highest BCUT2D eigenvalue weighted by atomic mass is 35.5. The van der Waals surface area contributed by atoms with Gasteiger partial charge in [-0.25, -0.2) is 18.4 Å². The smallest absolute Gasteiger partial charge is 0.262 e. The van der Waals surface area contributed by atoms with E-state index in [-0.39, 0.29) is 4.90 Å². The van der Waals surface area contributed by atoms with Gasteiger partial charge < -0.3 is 4.90 Å². The van der Waals surface area contributed by atoms with Crippen molar-refractivity contribution in [3.05, 3.63) is 41.2 Å². The number of hydrogen-bond donors (Lipinski definition) is 1. The second kappa shape index (κ2) is 6.33. The molecule has 1 aliphatic heterocycles. The van der Waals surface area contributed by atoms with E-state index in [1.807, 2.05) is 0 Å². The molecular weight excluding hydrogens is 336 g/mol. The van der Waals surface area contributed by atoms with Gasteiger partial charge in [-0.3, -0.25) is 4.72 Å². The van der Waals surface area contributed by atoms with E-state index in [4.69, 9.17) is 11.6 Å². The predicted octanol–water partition coefficient (Wildman–Crippen LogP) is 2.84. The van der Waals surface area contributed by atoms with E-state index in [0.29, 0.717) is 22.2 Å². The van der Waals surface area contributed by atoms with Gasteiger partial charge in [0.1, 0.15) is 0 Å². The van der Waals surface area contributed by atoms with Crippen LogP contribution in [0.5, 0.6) is 0 Å². The van der Waals surface area contributed by atoms with E-state index in [0.717, 1.165) is 25.9 Å². The average molecular weight is 353 g/mol. The molecule has 1 fully saturated rings. The summed E-state index contributed by atoms with van der Waals surface area (Å²) in [6.45, 7) is 3.59. The molecule has 2 heterocycles. The standard InChI is InChI=1S/C15H17ClN4O2S/c1-11-4-5-12(16)8-14(11)23(21,22)19-13-9-17-15(18-10-13)20-6-2-3-7-20/h4-5,8-10,19H,2-3,6-7H2,1H3. The molecule has 1 N–H and O–H groups in total. The molecule has 0 radical (unpaired) electrons. The minimum absolute atomic E-state index is 0.147. The van der Waals surface area contributed by atoms with Crippen LogP contribution in [0.3, 0.4) is 0 Å². The summed E-state index contributed by atoms with van der Waals surface area (Å²) in [6.07, 6.45) is 5.23. The van der Waals surface area contributed by atoms with Gasteiger partial charge >= 0.3 is 0 Å². The van der Waals surface area contributed by atoms with Crippen molar-refractivity contribution in [2.45, 2.75) is 24.7 Å². The number of rotatable bonds is 4. The molecule has 23 heavy (non-hydrogen) atoms. The molecule has 0 aliphatic carbocycles. The molecule has 1 aromatic carbocycles. The van der Waals surface area contributed by atoms with Crippen molar-refractivity contribution in [3.63, 3.8) is 0 Å². The van der Waals surface area contributed by atoms with Crippen LogP contribution in [-0.4, -0.2) is 31.5 Å². The minimum atomic E-state index is -3.73. The Morgan fingerprint density at radius 1 is 1.17 bits per heavy atom. The molecule has 1 saturated heterocycles. The molecule has 1 aromatic heterocycles. The normalized spacial score (nSPS) is 15.0. The Morgan fingerprint density at radius 2 is 1.83 bits per heavy atom. The maximum atomic E-state index is 12.5. The second-order valence-electron chi connectivity index (χ2n) is 5.48. The maximum absolute atomic E-state index is 12.5. The van der Waals surface area contributed by atoms with Crippen molar-refractivity contribution >= 4 is 33.3 Å². The third-order valence-electron chi connectivity index (χ3n) is 3.72. The zero-order valence-corrected chi connectivity index (χ0v) is 14.2. The molecule has 0 unspecified atom stereocenters. The van der Waals surface area contributed by atoms with Crippen molar-refractivity contribution in [1.82, 2.24) is 9.97 Å². The molecule has 0 amide bonds. The van der Waals surface area contributed by atoms with Crippen LogP contribution in [0.1, 0.15) is 18.4 Å². The van der Waals surface area contributed by atoms with E-state index in [1.165, 1.54) is 18.5 Å². The Balaban J connectivity index is 1.81. The number of nitrogens with one attached hydrogen (secondary N) is 1. The number of aromatic nitrogens is 2. The highest BCUT2D eigenvalue weighted by Gasteiger charge is 2.19. The number of nitrogens with zero attached hydrogens (tertiary/aromatic N) is 3. The van der Waals surface area contributed by atoms with Gasteiger partial charge in [0.05, 0.1) is 23.0 Å². The van der Waals surface area contributed by atoms with Crippen LogP contribution in [0.15, 0.2) is 35.5 Å². The fourth-order valence-electron chi connectivity index (χ4n) is 2.53. The summed E-state index contributed by atoms with van der Waals surface area (Å²) >= 11 is 5.90. The van der Waals surface area contributed by atoms with Crippen LogP contribution >= 0.6 is 11.6 Å². The van der Waals surface area contributed by atoms with Gasteiger partial charge in [-0.15, -0.1) is 0 Å². The quantitative estimate of drug-likeness (QED) is 0.915. The van der Waals surface area contributed by atoms with Crippen molar-refractivity contribution in [1.29, 1.82) is 0 Å². The molecular formula is C15H17ClN4O2S. The molecule has 2 aromatic rings. The molecule has 0 bridgehead atoms. The Morgan fingerprint density at radius 3 is 2.48 bits per heavy atom. The second-order valence-corrected chi connectivity index (χ2v) is 7.57. The van der Waals surface area contributed by atoms with E-state index >= 15 is 0 Å². The molecule has 1 aliphatic rings. The van der Waals surface area contributed by atoms with E-state index in [2.05, 4.69) is 19.6 Å². The summed E-state index contributed by atoms with van der Waals surface area (Å²) in [5, 5.41) is 0.372. The monoisotopic (exact) mass is 352 g/mol. The van der Waals surface area contributed by atoms with Gasteiger partial charge in [0.25, 0.3) is 10.0 Å². The molecule has 6 nitrogen and oxygen atoms in total. The third-order valence-corrected chi connectivity index (χ3v) is 5.48. The lowest BCUT2D eigenvalue weighted by Gasteiger charge is -2.15. The van der Waals surface area contributed by atoms with Crippen LogP contribution in [0, 0.1) is 6.92 Å². The van der Waals surface area contributed by atoms with Crippen molar-refractivity contribution < 1.29 is 8.42 Å². The molecule has 0 saturated carbocycles. The van der Waals surface area contributed by atoms with Crippen LogP contribution in [0.25, 0.3) is 0 Å². The summed E-state index contributed by atoms with van der Waals surface area (Å²) < 4.78 is 27.5. The van der Waals surface area contributed by atoms with Gasteiger partial charge in [0.15, 0.2) is 0 Å². The number of hydrogen-bond acceptors (Lipinski definition) is 5. The fraction of sp³-hybridized carbons (Fsp3) is 0.333. The first-order valence-corrected chi connectivity index (χ1v) is 9.18. The Kier molecular flexibility index (Phi) is 4.41. The van der Waals surface area contributed by atoms with Gasteiger partial charge in [-0.2, -0.15) is 0 Å². The van der Waals surface area contributed by atoms with Gasteiger partial charge in [-0.05, 0) is 37.5 Å². The highest BCUT2D eigenvalue weighted by molar-refractivity contribution is 7.92. The van der Waals surface area contributed by atoms with E-state index in [9.17, 15) is 8.42 Å². The van der Waals surface area contributed by atoms with Crippen LogP contribution in [0.2, 0.25) is 5.02 Å². The summed E-state index contributed by atoms with van der Waals surface area (Å²) in [4.78, 5) is 10.7. The van der Waals surface area contributed by atoms with Crippen molar-refractivity contribution in [3.8, 4) is 0 Å². The van der Waals surface area contributed by atoms with Gasteiger partial charge in [-0.1, -0.05) is 17.7 Å². The summed E-state index contributed by atoms with van der Waals surface area (Å²) in [6, 6.07) is 4.76. The first kappa shape index (κ1) is 16.0. The number of benzene rings is 1. The van der Waals surface area contributed by atoms with Crippen LogP contribution in [-0.2, 0) is 10.0 Å². The van der Waals surface area contributed by atoms with Gasteiger partial charge in [0, 0.05) is 18.1 Å². The number of halogens is 1. The lowest BCUT2D eigenvalue weighted by molar-refractivity contribution is 0.600. The average Bonchev–Trinajstić information content (AvgIpc) is 3.04. The zero-order valence-electron chi connectivity index (χ0n) is 12.7. The Bertz CT molecular complexity index is 803.